The molecule has 0 saturated heterocycles. The van der Waals surface area contributed by atoms with E-state index in [0.717, 1.165) is 5.56 Å². The predicted octanol–water partition coefficient (Wildman–Crippen LogP) is 1.70. The minimum absolute atomic E-state index is 0.271. The predicted molar refractivity (Wildman–Crippen MR) is 42.4 cm³/mol. The molecule has 0 heterocycles. The van der Waals surface area contributed by atoms with Crippen LogP contribution in [-0.2, 0) is 11.2 Å². The second-order valence-corrected chi connectivity index (χ2v) is 2.36. The molecular formula is C9H10O2. The van der Waals surface area contributed by atoms with E-state index in [0.29, 0.717) is 6.42 Å². The number of hydrogen-bond donors (Lipinski definition) is 1. The number of carbonyl (C=O) groups is 1. The van der Waals surface area contributed by atoms with Gasteiger partial charge in [0.1, 0.15) is 0 Å². The molecule has 0 aliphatic heterocycles. The number of carboxylic acids is 1. The number of aryl methyl sites for hydroxylation is 1. The van der Waals surface area contributed by atoms with Gasteiger partial charge in [-0.15, -0.1) is 0 Å². The van der Waals surface area contributed by atoms with Crippen molar-refractivity contribution in [1.29, 1.82) is 1.43 Å². The van der Waals surface area contributed by atoms with Crippen molar-refractivity contribution >= 4 is 5.97 Å². The van der Waals surface area contributed by atoms with Gasteiger partial charge in [0.05, 0.1) is 0 Å². The monoisotopic (exact) mass is 151 g/mol. The molecule has 0 aromatic heterocycles. The fraction of sp³-hybridized carbons (Fsp3) is 0.222. The van der Waals surface area contributed by atoms with Gasteiger partial charge < -0.3 is 5.11 Å². The fourth-order valence-electron chi connectivity index (χ4n) is 0.891. The highest BCUT2D eigenvalue weighted by atomic mass is 16.4. The van der Waals surface area contributed by atoms with Gasteiger partial charge in [-0.1, -0.05) is 30.3 Å². The summed E-state index contributed by atoms with van der Waals surface area (Å²) in [6, 6.07) is 9.64. The summed E-state index contributed by atoms with van der Waals surface area (Å²) in [5, 5.41) is 3.78. The Morgan fingerprint density at radius 3 is 2.82 bits per heavy atom. The lowest BCUT2D eigenvalue weighted by molar-refractivity contribution is -0.136. The summed E-state index contributed by atoms with van der Waals surface area (Å²) in [4.78, 5) is 10.6. The third kappa shape index (κ3) is 2.85. The van der Waals surface area contributed by atoms with E-state index in [4.69, 9.17) is 1.43 Å². The van der Waals surface area contributed by atoms with Crippen LogP contribution in [0.25, 0.3) is 1.43 Å². The van der Waals surface area contributed by atoms with Crippen LogP contribution in [0.2, 0.25) is 0 Å². The highest BCUT2D eigenvalue weighted by Crippen LogP contribution is 2.01. The molecule has 2 nitrogen and oxygen atoms in total. The number of carboxylic acid groups (broad SMARTS) is 1. The highest BCUT2D eigenvalue weighted by molar-refractivity contribution is 5.67. The Morgan fingerprint density at radius 2 is 2.18 bits per heavy atom. The van der Waals surface area contributed by atoms with Gasteiger partial charge in [0.25, 0.3) is 1.43 Å². The van der Waals surface area contributed by atoms with Crippen LogP contribution in [0.15, 0.2) is 30.3 Å². The number of rotatable bonds is 3. The Kier molecular flexibility index (Phi) is 2.19. The summed E-state index contributed by atoms with van der Waals surface area (Å²) in [6.07, 6.45) is 0.909. The van der Waals surface area contributed by atoms with E-state index in [1.165, 1.54) is 0 Å². The van der Waals surface area contributed by atoms with Crippen molar-refractivity contribution in [2.24, 2.45) is 0 Å². The first-order chi connectivity index (χ1) is 5.83. The molecule has 0 bridgehead atoms. The smallest absolute Gasteiger partial charge is 0.303 e. The zero-order valence-electron chi connectivity index (χ0n) is 7.12. The SMILES string of the molecule is [2H]OC(=O)CCc1ccccc1. The summed E-state index contributed by atoms with van der Waals surface area (Å²) in [5.41, 5.74) is 1.09. The van der Waals surface area contributed by atoms with Gasteiger partial charge in [-0.3, -0.25) is 4.79 Å². The molecular weight excluding hydrogens is 140 g/mol. The van der Waals surface area contributed by atoms with Gasteiger partial charge in [-0.2, -0.15) is 0 Å². The molecule has 0 saturated carbocycles. The minimum atomic E-state index is -0.487. The van der Waals surface area contributed by atoms with Crippen LogP contribution in [0, 0.1) is 0 Å². The first kappa shape index (κ1) is 6.40. The molecule has 11 heavy (non-hydrogen) atoms. The fourth-order valence-corrected chi connectivity index (χ4v) is 0.891. The molecule has 1 N–H and O–H groups in total. The average Bonchev–Trinajstić information content (AvgIpc) is 2.16. The molecule has 0 radical (unpaired) electrons. The van der Waals surface area contributed by atoms with Crippen LogP contribution < -0.4 is 0 Å². The maximum absolute atomic E-state index is 10.6. The normalized spacial score (nSPS) is 10.4. The van der Waals surface area contributed by atoms with Crippen LogP contribution in [0.1, 0.15) is 12.0 Å². The standard InChI is InChI=1S/C9H10O2/c10-9(11)7-6-8-4-2-1-3-5-8/h1-5H,6-7H2,(H,10,11)/i/hD. The van der Waals surface area contributed by atoms with Crippen LogP contribution >= 0.6 is 0 Å². The third-order valence-electron chi connectivity index (χ3n) is 1.46. The lowest BCUT2D eigenvalue weighted by Crippen LogP contribution is -1.96. The minimum Gasteiger partial charge on any atom is -0.481 e. The summed E-state index contributed by atoms with van der Waals surface area (Å²) in [6.45, 7) is 0. The Labute approximate surface area is 67.0 Å². The topological polar surface area (TPSA) is 37.3 Å². The van der Waals surface area contributed by atoms with Gasteiger partial charge in [0.15, 0.2) is 0 Å². The largest absolute Gasteiger partial charge is 0.481 e. The molecule has 0 aliphatic carbocycles. The van der Waals surface area contributed by atoms with Gasteiger partial charge in [0.2, 0.25) is 0 Å². The van der Waals surface area contributed by atoms with E-state index in [1.54, 1.807) is 0 Å². The van der Waals surface area contributed by atoms with Crippen molar-refractivity contribution in [2.45, 2.75) is 12.8 Å². The molecule has 0 amide bonds. The summed E-state index contributed by atoms with van der Waals surface area (Å²) < 4.78 is 6.32. The Balaban J connectivity index is 2.38. The second-order valence-electron chi connectivity index (χ2n) is 2.36. The molecule has 1 aromatic rings. The zero-order valence-corrected chi connectivity index (χ0v) is 6.12. The van der Waals surface area contributed by atoms with E-state index >= 15 is 0 Å². The summed E-state index contributed by atoms with van der Waals surface area (Å²) in [5.74, 6) is -0.487. The van der Waals surface area contributed by atoms with E-state index in [9.17, 15) is 4.79 Å². The van der Waals surface area contributed by atoms with Crippen LogP contribution in [-0.4, -0.2) is 11.1 Å². The van der Waals surface area contributed by atoms with Crippen molar-refractivity contribution in [2.75, 3.05) is 0 Å². The van der Waals surface area contributed by atoms with Crippen molar-refractivity contribution in [3.8, 4) is 0 Å². The Hall–Kier alpha value is -1.31. The highest BCUT2D eigenvalue weighted by Gasteiger charge is 1.96. The van der Waals surface area contributed by atoms with Gasteiger partial charge in [-0.05, 0) is 12.0 Å². The first-order valence-electron chi connectivity index (χ1n) is 3.93. The van der Waals surface area contributed by atoms with Gasteiger partial charge >= 0.3 is 5.97 Å². The quantitative estimate of drug-likeness (QED) is 0.714. The molecule has 0 aliphatic rings. The number of hydrogen-bond acceptors (Lipinski definition) is 2. The average molecular weight is 151 g/mol. The summed E-state index contributed by atoms with van der Waals surface area (Å²) >= 11 is 0. The molecule has 58 valence electrons. The number of aliphatic carboxylic acids is 1. The van der Waals surface area contributed by atoms with E-state index in [2.05, 4.69) is 5.11 Å². The lowest BCUT2D eigenvalue weighted by Gasteiger charge is -1.95. The molecule has 1 aromatic carbocycles. The van der Waals surface area contributed by atoms with Crippen LogP contribution in [0.4, 0.5) is 0 Å². The summed E-state index contributed by atoms with van der Waals surface area (Å²) in [7, 11) is 0. The van der Waals surface area contributed by atoms with Gasteiger partial charge in [0, 0.05) is 6.42 Å². The molecule has 0 atom stereocenters. The maximum atomic E-state index is 10.6. The Bertz CT molecular complexity index is 246. The molecule has 0 unspecified atom stereocenters. The zero-order chi connectivity index (χ0) is 8.81. The maximum Gasteiger partial charge on any atom is 0.303 e. The lowest BCUT2D eigenvalue weighted by atomic mass is 10.1. The van der Waals surface area contributed by atoms with E-state index in [-0.39, 0.29) is 6.42 Å². The van der Waals surface area contributed by atoms with Crippen molar-refractivity contribution in [3.05, 3.63) is 35.9 Å². The van der Waals surface area contributed by atoms with Crippen LogP contribution in [0.5, 0.6) is 0 Å². The van der Waals surface area contributed by atoms with Crippen molar-refractivity contribution in [3.63, 3.8) is 0 Å². The molecule has 1 rings (SSSR count). The number of benzene rings is 1. The van der Waals surface area contributed by atoms with E-state index < -0.39 is 5.97 Å². The Morgan fingerprint density at radius 1 is 1.45 bits per heavy atom. The van der Waals surface area contributed by atoms with E-state index in [1.807, 2.05) is 30.3 Å². The second kappa shape index (κ2) is 3.76. The van der Waals surface area contributed by atoms with Crippen molar-refractivity contribution in [1.82, 2.24) is 0 Å². The molecule has 2 heteroatoms. The first-order valence-corrected chi connectivity index (χ1v) is 3.53. The van der Waals surface area contributed by atoms with Crippen LogP contribution in [0.3, 0.4) is 0 Å². The van der Waals surface area contributed by atoms with Gasteiger partial charge in [-0.25, -0.2) is 0 Å². The van der Waals surface area contributed by atoms with Crippen molar-refractivity contribution < 1.29 is 9.90 Å². The third-order valence-corrected chi connectivity index (χ3v) is 1.46. The molecule has 0 spiro atoms. The molecule has 0 fully saturated rings.